The van der Waals surface area contributed by atoms with Crippen molar-refractivity contribution in [3.05, 3.63) is 11.6 Å². The van der Waals surface area contributed by atoms with Crippen LogP contribution in [-0.2, 0) is 14.3 Å². The van der Waals surface area contributed by atoms with Crippen molar-refractivity contribution in [2.45, 2.75) is 32.3 Å². The second-order valence-electron chi connectivity index (χ2n) is 5.04. The highest BCUT2D eigenvalue weighted by atomic mass is 16.5. The maximum Gasteiger partial charge on any atom is 0.306 e. The molecule has 2 aliphatic rings. The van der Waals surface area contributed by atoms with E-state index in [4.69, 9.17) is 9.84 Å². The Balaban J connectivity index is 1.89. The summed E-state index contributed by atoms with van der Waals surface area (Å²) in [6.45, 7) is 3.33. The van der Waals surface area contributed by atoms with E-state index in [0.29, 0.717) is 25.6 Å². The summed E-state index contributed by atoms with van der Waals surface area (Å²) in [5.74, 6) is -0.318. The quantitative estimate of drug-likeness (QED) is 0.760. The van der Waals surface area contributed by atoms with Gasteiger partial charge >= 0.3 is 5.97 Å². The lowest BCUT2D eigenvalue weighted by Crippen LogP contribution is -2.45. The van der Waals surface area contributed by atoms with Gasteiger partial charge in [-0.3, -0.25) is 9.59 Å². The molecule has 0 radical (unpaired) electrons. The Morgan fingerprint density at radius 2 is 2.17 bits per heavy atom. The minimum absolute atomic E-state index is 0.0157. The predicted molar refractivity (Wildman–Crippen MR) is 65.1 cm³/mol. The van der Waals surface area contributed by atoms with Gasteiger partial charge in [-0.2, -0.15) is 0 Å². The summed E-state index contributed by atoms with van der Waals surface area (Å²) in [6, 6.07) is 0. The van der Waals surface area contributed by atoms with Crippen LogP contribution in [-0.4, -0.2) is 47.7 Å². The van der Waals surface area contributed by atoms with Crippen LogP contribution in [0.15, 0.2) is 11.6 Å². The van der Waals surface area contributed by atoms with E-state index < -0.39 is 5.97 Å². The fourth-order valence-corrected chi connectivity index (χ4v) is 2.18. The van der Waals surface area contributed by atoms with Crippen LogP contribution in [0.25, 0.3) is 0 Å². The van der Waals surface area contributed by atoms with E-state index in [0.717, 1.165) is 5.57 Å². The smallest absolute Gasteiger partial charge is 0.306 e. The summed E-state index contributed by atoms with van der Waals surface area (Å²) in [4.78, 5) is 24.3. The first-order chi connectivity index (χ1) is 8.56. The maximum absolute atomic E-state index is 12.0. The predicted octanol–water partition coefficient (Wildman–Crippen LogP) is 1.04. The molecule has 1 heterocycles. The van der Waals surface area contributed by atoms with Crippen LogP contribution in [0.4, 0.5) is 0 Å². The first-order valence-corrected chi connectivity index (χ1v) is 6.36. The molecule has 0 aromatic rings. The van der Waals surface area contributed by atoms with Crippen molar-refractivity contribution in [1.82, 2.24) is 4.90 Å². The molecule has 5 nitrogen and oxygen atoms in total. The van der Waals surface area contributed by atoms with Crippen molar-refractivity contribution in [2.75, 3.05) is 19.7 Å². The summed E-state index contributed by atoms with van der Waals surface area (Å²) in [5, 5.41) is 8.72. The van der Waals surface area contributed by atoms with Crippen molar-refractivity contribution < 1.29 is 19.4 Å². The number of hydrogen-bond acceptors (Lipinski definition) is 3. The second kappa shape index (κ2) is 5.52. The van der Waals surface area contributed by atoms with E-state index in [-0.39, 0.29) is 18.4 Å². The summed E-state index contributed by atoms with van der Waals surface area (Å²) >= 11 is 0. The topological polar surface area (TPSA) is 66.8 Å². The van der Waals surface area contributed by atoms with Crippen LogP contribution in [0.2, 0.25) is 0 Å². The molecule has 1 saturated carbocycles. The van der Waals surface area contributed by atoms with E-state index in [9.17, 15) is 9.59 Å². The highest BCUT2D eigenvalue weighted by molar-refractivity contribution is 5.88. The Bertz CT molecular complexity index is 373. The highest BCUT2D eigenvalue weighted by Crippen LogP contribution is 2.36. The molecule has 1 saturated heterocycles. The number of allylic oxidation sites excluding steroid dienone is 1. The summed E-state index contributed by atoms with van der Waals surface area (Å²) < 4.78 is 5.34. The highest BCUT2D eigenvalue weighted by Gasteiger charge is 2.27. The van der Waals surface area contributed by atoms with Gasteiger partial charge in [0.15, 0.2) is 0 Å². The molecule has 5 heteroatoms. The minimum atomic E-state index is -0.890. The van der Waals surface area contributed by atoms with Crippen LogP contribution in [0.3, 0.4) is 0 Å². The number of hydrogen-bond donors (Lipinski definition) is 1. The minimum Gasteiger partial charge on any atom is -0.481 e. The fraction of sp³-hybridized carbons (Fsp3) is 0.692. The number of ether oxygens (including phenoxy) is 1. The zero-order chi connectivity index (χ0) is 13.1. The number of carboxylic acids is 1. The van der Waals surface area contributed by atoms with Crippen LogP contribution in [0.5, 0.6) is 0 Å². The zero-order valence-electron chi connectivity index (χ0n) is 10.6. The molecule has 0 bridgehead atoms. The lowest BCUT2D eigenvalue weighted by molar-refractivity contribution is -0.145. The standard InChI is InChI=1S/C13H19NO4/c1-9(10-2-3-10)6-12(15)14-4-5-18-11(8-14)7-13(16)17/h6,10-11H,2-5,7-8H2,1H3,(H,16,17). The van der Waals surface area contributed by atoms with Gasteiger partial charge < -0.3 is 14.7 Å². The Morgan fingerprint density at radius 1 is 1.44 bits per heavy atom. The molecule has 1 aliphatic heterocycles. The molecule has 0 aromatic carbocycles. The maximum atomic E-state index is 12.0. The molecular formula is C13H19NO4. The Morgan fingerprint density at radius 3 is 2.78 bits per heavy atom. The molecule has 18 heavy (non-hydrogen) atoms. The molecule has 0 aromatic heterocycles. The number of amides is 1. The molecule has 1 atom stereocenters. The number of carbonyl (C=O) groups excluding carboxylic acids is 1. The largest absolute Gasteiger partial charge is 0.481 e. The molecule has 2 rings (SSSR count). The van der Waals surface area contributed by atoms with E-state index in [2.05, 4.69) is 0 Å². The van der Waals surface area contributed by atoms with Gasteiger partial charge in [0.2, 0.25) is 5.91 Å². The first-order valence-electron chi connectivity index (χ1n) is 6.36. The normalized spacial score (nSPS) is 25.1. The van der Waals surface area contributed by atoms with Gasteiger partial charge in [-0.1, -0.05) is 5.57 Å². The SMILES string of the molecule is CC(=CC(=O)N1CCOC(CC(=O)O)C1)C1CC1. The third kappa shape index (κ3) is 3.57. The number of aliphatic carboxylic acids is 1. The van der Waals surface area contributed by atoms with Crippen molar-refractivity contribution in [3.8, 4) is 0 Å². The van der Waals surface area contributed by atoms with Gasteiger partial charge in [0.25, 0.3) is 0 Å². The lowest BCUT2D eigenvalue weighted by atomic mass is 10.1. The van der Waals surface area contributed by atoms with Crippen molar-refractivity contribution >= 4 is 11.9 Å². The van der Waals surface area contributed by atoms with Crippen LogP contribution in [0.1, 0.15) is 26.2 Å². The van der Waals surface area contributed by atoms with E-state index >= 15 is 0 Å². The van der Waals surface area contributed by atoms with Crippen molar-refractivity contribution in [1.29, 1.82) is 0 Å². The third-order valence-electron chi connectivity index (χ3n) is 3.43. The summed E-state index contributed by atoms with van der Waals surface area (Å²) in [7, 11) is 0. The monoisotopic (exact) mass is 253 g/mol. The van der Waals surface area contributed by atoms with Crippen molar-refractivity contribution in [2.24, 2.45) is 5.92 Å². The van der Waals surface area contributed by atoms with Gasteiger partial charge in [0, 0.05) is 19.2 Å². The number of carboxylic acid groups (broad SMARTS) is 1. The fourth-order valence-electron chi connectivity index (χ4n) is 2.18. The number of rotatable bonds is 4. The number of nitrogens with zero attached hydrogens (tertiary/aromatic N) is 1. The molecule has 0 spiro atoms. The van der Waals surface area contributed by atoms with Gasteiger partial charge in [-0.15, -0.1) is 0 Å². The average Bonchev–Trinajstić information content (AvgIpc) is 3.12. The first kappa shape index (κ1) is 13.1. The van der Waals surface area contributed by atoms with E-state index in [1.807, 2.05) is 6.92 Å². The summed E-state index contributed by atoms with van der Waals surface area (Å²) in [5.41, 5.74) is 1.14. The zero-order valence-corrected chi connectivity index (χ0v) is 10.6. The van der Waals surface area contributed by atoms with Crippen LogP contribution < -0.4 is 0 Å². The van der Waals surface area contributed by atoms with Crippen LogP contribution in [0, 0.1) is 5.92 Å². The molecule has 1 aliphatic carbocycles. The second-order valence-corrected chi connectivity index (χ2v) is 5.04. The molecule has 1 N–H and O–H groups in total. The molecule has 2 fully saturated rings. The molecule has 1 amide bonds. The van der Waals surface area contributed by atoms with Crippen molar-refractivity contribution in [3.63, 3.8) is 0 Å². The molecule has 100 valence electrons. The molecule has 1 unspecified atom stereocenters. The third-order valence-corrected chi connectivity index (χ3v) is 3.43. The number of carbonyl (C=O) groups is 2. The Labute approximate surface area is 106 Å². The van der Waals surface area contributed by atoms with Gasteiger partial charge in [0.05, 0.1) is 19.1 Å². The van der Waals surface area contributed by atoms with Crippen LogP contribution >= 0.6 is 0 Å². The Kier molecular flexibility index (Phi) is 4.01. The average molecular weight is 253 g/mol. The summed E-state index contributed by atoms with van der Waals surface area (Å²) in [6.07, 6.45) is 3.63. The van der Waals surface area contributed by atoms with E-state index in [1.165, 1.54) is 12.8 Å². The van der Waals surface area contributed by atoms with Gasteiger partial charge in [0.1, 0.15) is 0 Å². The number of morpholine rings is 1. The Hall–Kier alpha value is -1.36. The van der Waals surface area contributed by atoms with Gasteiger partial charge in [-0.05, 0) is 25.7 Å². The van der Waals surface area contributed by atoms with Gasteiger partial charge in [-0.25, -0.2) is 0 Å². The van der Waals surface area contributed by atoms with E-state index in [1.54, 1.807) is 11.0 Å². The lowest BCUT2D eigenvalue weighted by Gasteiger charge is -2.31. The molecular weight excluding hydrogens is 234 g/mol.